The Balaban J connectivity index is 2.08. The first-order chi connectivity index (χ1) is 9.70. The standard InChI is InChI=1S/C16H14N2O2/c1-20-15-8-10(6-7-13(15)17)16(19)12-9-18-14-5-3-2-4-11(12)14/h2-9,18H,17H2,1H3. The van der Waals surface area contributed by atoms with Crippen LogP contribution >= 0.6 is 0 Å². The van der Waals surface area contributed by atoms with Gasteiger partial charge in [-0.05, 0) is 24.3 Å². The Labute approximate surface area is 116 Å². The number of para-hydroxylation sites is 1. The van der Waals surface area contributed by atoms with Gasteiger partial charge < -0.3 is 15.5 Å². The molecule has 0 bridgehead atoms. The SMILES string of the molecule is COc1cc(C(=O)c2c[nH]c3ccccc23)ccc1N. The van der Waals surface area contributed by atoms with Crippen molar-refractivity contribution in [2.24, 2.45) is 0 Å². The van der Waals surface area contributed by atoms with Crippen LogP contribution in [-0.2, 0) is 0 Å². The van der Waals surface area contributed by atoms with E-state index in [0.717, 1.165) is 10.9 Å². The van der Waals surface area contributed by atoms with E-state index < -0.39 is 0 Å². The van der Waals surface area contributed by atoms with E-state index in [-0.39, 0.29) is 5.78 Å². The van der Waals surface area contributed by atoms with Gasteiger partial charge in [-0.2, -0.15) is 0 Å². The second-order valence-electron chi connectivity index (χ2n) is 4.53. The number of hydrogen-bond acceptors (Lipinski definition) is 3. The fourth-order valence-corrected chi connectivity index (χ4v) is 2.27. The summed E-state index contributed by atoms with van der Waals surface area (Å²) in [5, 5.41) is 0.910. The number of aromatic nitrogens is 1. The zero-order valence-corrected chi connectivity index (χ0v) is 11.0. The van der Waals surface area contributed by atoms with Gasteiger partial charge in [-0.25, -0.2) is 0 Å². The van der Waals surface area contributed by atoms with Gasteiger partial charge >= 0.3 is 0 Å². The molecule has 4 heteroatoms. The van der Waals surface area contributed by atoms with Crippen LogP contribution in [0.4, 0.5) is 5.69 Å². The Hall–Kier alpha value is -2.75. The summed E-state index contributed by atoms with van der Waals surface area (Å²) in [5.74, 6) is 0.455. The lowest BCUT2D eigenvalue weighted by molar-refractivity contribution is 0.104. The van der Waals surface area contributed by atoms with Crippen LogP contribution in [0.2, 0.25) is 0 Å². The van der Waals surface area contributed by atoms with Crippen LogP contribution < -0.4 is 10.5 Å². The molecule has 0 amide bonds. The highest BCUT2D eigenvalue weighted by atomic mass is 16.5. The topological polar surface area (TPSA) is 68.1 Å². The minimum atomic E-state index is -0.0549. The molecule has 1 aromatic heterocycles. The molecular weight excluding hydrogens is 252 g/mol. The van der Waals surface area contributed by atoms with Crippen LogP contribution in [0.25, 0.3) is 10.9 Å². The highest BCUT2D eigenvalue weighted by molar-refractivity contribution is 6.16. The average molecular weight is 266 g/mol. The predicted molar refractivity (Wildman–Crippen MR) is 79.1 cm³/mol. The Bertz CT molecular complexity index is 790. The van der Waals surface area contributed by atoms with Crippen molar-refractivity contribution in [3.8, 4) is 5.75 Å². The maximum atomic E-state index is 12.6. The summed E-state index contributed by atoms with van der Waals surface area (Å²) < 4.78 is 5.16. The second kappa shape index (κ2) is 4.74. The van der Waals surface area contributed by atoms with Crippen LogP contribution in [0, 0.1) is 0 Å². The highest BCUT2D eigenvalue weighted by Gasteiger charge is 2.15. The van der Waals surface area contributed by atoms with E-state index in [2.05, 4.69) is 4.98 Å². The van der Waals surface area contributed by atoms with Gasteiger partial charge in [0.1, 0.15) is 5.75 Å². The third-order valence-corrected chi connectivity index (χ3v) is 3.33. The van der Waals surface area contributed by atoms with Crippen molar-refractivity contribution >= 4 is 22.4 Å². The Kier molecular flexibility index (Phi) is 2.91. The maximum absolute atomic E-state index is 12.6. The number of methoxy groups -OCH3 is 1. The monoisotopic (exact) mass is 266 g/mol. The number of rotatable bonds is 3. The summed E-state index contributed by atoms with van der Waals surface area (Å²) in [7, 11) is 1.53. The molecule has 0 saturated carbocycles. The Morgan fingerprint density at radius 3 is 2.80 bits per heavy atom. The number of ether oxygens (including phenoxy) is 1. The second-order valence-corrected chi connectivity index (χ2v) is 4.53. The maximum Gasteiger partial charge on any atom is 0.195 e. The van der Waals surface area contributed by atoms with Gasteiger partial charge in [-0.15, -0.1) is 0 Å². The molecule has 4 nitrogen and oxygen atoms in total. The van der Waals surface area contributed by atoms with E-state index in [0.29, 0.717) is 22.6 Å². The van der Waals surface area contributed by atoms with Crippen LogP contribution in [0.3, 0.4) is 0 Å². The van der Waals surface area contributed by atoms with Gasteiger partial charge in [0.15, 0.2) is 5.78 Å². The highest BCUT2D eigenvalue weighted by Crippen LogP contribution is 2.26. The van der Waals surface area contributed by atoms with Crippen molar-refractivity contribution < 1.29 is 9.53 Å². The minimum Gasteiger partial charge on any atom is -0.495 e. The van der Waals surface area contributed by atoms with Crippen molar-refractivity contribution in [2.45, 2.75) is 0 Å². The van der Waals surface area contributed by atoms with Gasteiger partial charge in [-0.3, -0.25) is 4.79 Å². The van der Waals surface area contributed by atoms with Gasteiger partial charge in [0, 0.05) is 28.2 Å². The summed E-state index contributed by atoms with van der Waals surface area (Å²) in [5.41, 5.74) is 8.43. The molecule has 0 aliphatic rings. The number of hydrogen-bond donors (Lipinski definition) is 2. The van der Waals surface area contributed by atoms with E-state index >= 15 is 0 Å². The van der Waals surface area contributed by atoms with Gasteiger partial charge in [-0.1, -0.05) is 18.2 Å². The molecule has 3 rings (SSSR count). The first-order valence-electron chi connectivity index (χ1n) is 6.25. The van der Waals surface area contributed by atoms with E-state index in [1.54, 1.807) is 24.4 Å². The number of nitrogens with one attached hydrogen (secondary N) is 1. The van der Waals surface area contributed by atoms with Crippen LogP contribution in [0.15, 0.2) is 48.7 Å². The number of carbonyl (C=O) groups excluding carboxylic acids is 1. The number of benzene rings is 2. The molecule has 2 aromatic carbocycles. The molecule has 3 N–H and O–H groups in total. The third-order valence-electron chi connectivity index (χ3n) is 3.33. The number of nitrogen functional groups attached to an aromatic ring is 1. The molecule has 0 fully saturated rings. The fourth-order valence-electron chi connectivity index (χ4n) is 2.27. The average Bonchev–Trinajstić information content (AvgIpc) is 2.91. The summed E-state index contributed by atoms with van der Waals surface area (Å²) >= 11 is 0. The molecule has 0 aliphatic carbocycles. The van der Waals surface area contributed by atoms with Crippen molar-refractivity contribution in [1.29, 1.82) is 0 Å². The zero-order valence-electron chi connectivity index (χ0n) is 11.0. The number of nitrogens with two attached hydrogens (primary N) is 1. The number of carbonyl (C=O) groups is 1. The third kappa shape index (κ3) is 1.91. The van der Waals surface area contributed by atoms with Crippen molar-refractivity contribution in [3.05, 3.63) is 59.8 Å². The molecule has 1 heterocycles. The van der Waals surface area contributed by atoms with Crippen molar-refractivity contribution in [2.75, 3.05) is 12.8 Å². The van der Waals surface area contributed by atoms with Crippen LogP contribution in [0.1, 0.15) is 15.9 Å². The molecule has 0 spiro atoms. The number of ketones is 1. The molecule has 0 saturated heterocycles. The van der Waals surface area contributed by atoms with E-state index in [1.165, 1.54) is 7.11 Å². The van der Waals surface area contributed by atoms with Gasteiger partial charge in [0.2, 0.25) is 0 Å². The first kappa shape index (κ1) is 12.3. The smallest absolute Gasteiger partial charge is 0.195 e. The minimum absolute atomic E-state index is 0.0549. The molecule has 3 aromatic rings. The van der Waals surface area contributed by atoms with Crippen LogP contribution in [-0.4, -0.2) is 17.9 Å². The van der Waals surface area contributed by atoms with Crippen molar-refractivity contribution in [3.63, 3.8) is 0 Å². The van der Waals surface area contributed by atoms with Crippen molar-refractivity contribution in [1.82, 2.24) is 4.98 Å². The van der Waals surface area contributed by atoms with E-state index in [9.17, 15) is 4.79 Å². The Morgan fingerprint density at radius 2 is 2.00 bits per heavy atom. The summed E-state index contributed by atoms with van der Waals surface area (Å²) in [6, 6.07) is 12.8. The molecule has 0 unspecified atom stereocenters. The molecule has 20 heavy (non-hydrogen) atoms. The largest absolute Gasteiger partial charge is 0.495 e. The Morgan fingerprint density at radius 1 is 1.20 bits per heavy atom. The molecular formula is C16H14N2O2. The fraction of sp³-hybridized carbons (Fsp3) is 0.0625. The predicted octanol–water partition coefficient (Wildman–Crippen LogP) is 2.99. The first-order valence-corrected chi connectivity index (χ1v) is 6.25. The molecule has 100 valence electrons. The van der Waals surface area contributed by atoms with E-state index in [4.69, 9.17) is 10.5 Å². The van der Waals surface area contributed by atoms with Gasteiger partial charge in [0.05, 0.1) is 12.8 Å². The summed E-state index contributed by atoms with van der Waals surface area (Å²) in [6.45, 7) is 0. The number of aromatic amines is 1. The normalized spacial score (nSPS) is 10.7. The number of H-pyrrole nitrogens is 1. The van der Waals surface area contributed by atoms with Crippen LogP contribution in [0.5, 0.6) is 5.75 Å². The summed E-state index contributed by atoms with van der Waals surface area (Å²) in [6.07, 6.45) is 1.73. The number of anilines is 1. The quantitative estimate of drug-likeness (QED) is 0.565. The lowest BCUT2D eigenvalue weighted by atomic mass is 10.0. The lowest BCUT2D eigenvalue weighted by Gasteiger charge is -2.06. The zero-order chi connectivity index (χ0) is 14.1. The lowest BCUT2D eigenvalue weighted by Crippen LogP contribution is -2.02. The molecule has 0 atom stereocenters. The molecule has 0 radical (unpaired) electrons. The molecule has 0 aliphatic heterocycles. The summed E-state index contributed by atoms with van der Waals surface area (Å²) in [4.78, 5) is 15.7. The van der Waals surface area contributed by atoms with Gasteiger partial charge in [0.25, 0.3) is 0 Å². The number of fused-ring (bicyclic) bond motifs is 1. The van der Waals surface area contributed by atoms with E-state index in [1.807, 2.05) is 24.3 Å².